The van der Waals surface area contributed by atoms with Gasteiger partial charge in [-0.1, -0.05) is 6.08 Å². The van der Waals surface area contributed by atoms with Crippen molar-refractivity contribution in [3.05, 3.63) is 72.3 Å². The van der Waals surface area contributed by atoms with E-state index < -0.39 is 0 Å². The van der Waals surface area contributed by atoms with Gasteiger partial charge in [0.2, 0.25) is 0 Å². The van der Waals surface area contributed by atoms with E-state index in [2.05, 4.69) is 22.1 Å². The van der Waals surface area contributed by atoms with Crippen LogP contribution in [0, 0.1) is 0 Å². The first-order chi connectivity index (χ1) is 12.7. The highest BCUT2D eigenvalue weighted by atomic mass is 16.2. The van der Waals surface area contributed by atoms with Gasteiger partial charge in [-0.15, -0.1) is 6.58 Å². The number of benzene rings is 2. The number of rotatable bonds is 6. The average molecular weight is 349 g/mol. The Kier molecular flexibility index (Phi) is 5.69. The van der Waals surface area contributed by atoms with Gasteiger partial charge in [0, 0.05) is 42.1 Å². The van der Waals surface area contributed by atoms with Gasteiger partial charge in [0.25, 0.3) is 11.8 Å². The van der Waals surface area contributed by atoms with Crippen molar-refractivity contribution < 1.29 is 9.59 Å². The van der Waals surface area contributed by atoms with E-state index in [4.69, 9.17) is 0 Å². The van der Waals surface area contributed by atoms with Crippen molar-refractivity contribution >= 4 is 23.2 Å². The normalized spacial score (nSPS) is 13.3. The molecule has 5 heteroatoms. The molecule has 1 heterocycles. The standard InChI is InChI=1S/C21H23N3O2/c1-2-13-22-20(25)16-5-7-17(8-6-16)21(26)23-18-9-11-19(12-10-18)24-14-3-4-15-24/h2,5-12H,1,3-4,13-15H2,(H,22,25)(H,23,26). The van der Waals surface area contributed by atoms with Crippen molar-refractivity contribution in [2.24, 2.45) is 0 Å². The fourth-order valence-electron chi connectivity index (χ4n) is 2.97. The van der Waals surface area contributed by atoms with Crippen LogP contribution in [0.15, 0.2) is 61.2 Å². The highest BCUT2D eigenvalue weighted by molar-refractivity contribution is 6.05. The molecule has 1 fully saturated rings. The van der Waals surface area contributed by atoms with E-state index in [0.717, 1.165) is 18.8 Å². The second-order valence-electron chi connectivity index (χ2n) is 6.27. The van der Waals surface area contributed by atoms with Gasteiger partial charge in [0.05, 0.1) is 0 Å². The summed E-state index contributed by atoms with van der Waals surface area (Å²) in [5.41, 5.74) is 2.97. The highest BCUT2D eigenvalue weighted by Crippen LogP contribution is 2.22. The van der Waals surface area contributed by atoms with Crippen molar-refractivity contribution in [2.75, 3.05) is 29.9 Å². The zero-order valence-electron chi connectivity index (χ0n) is 14.7. The minimum atomic E-state index is -0.197. The van der Waals surface area contributed by atoms with Crippen molar-refractivity contribution in [1.82, 2.24) is 5.32 Å². The number of carbonyl (C=O) groups is 2. The number of carbonyl (C=O) groups excluding carboxylic acids is 2. The fraction of sp³-hybridized carbons (Fsp3) is 0.238. The lowest BCUT2D eigenvalue weighted by atomic mass is 10.1. The Morgan fingerprint density at radius 1 is 0.923 bits per heavy atom. The van der Waals surface area contributed by atoms with Crippen molar-refractivity contribution in [3.8, 4) is 0 Å². The first kappa shape index (κ1) is 17.7. The maximum atomic E-state index is 12.4. The lowest BCUT2D eigenvalue weighted by Crippen LogP contribution is -2.23. The van der Waals surface area contributed by atoms with E-state index in [-0.39, 0.29) is 11.8 Å². The molecular formula is C21H23N3O2. The number of hydrogen-bond acceptors (Lipinski definition) is 3. The Hall–Kier alpha value is -3.08. The molecule has 0 unspecified atom stereocenters. The average Bonchev–Trinajstić information content (AvgIpc) is 3.21. The minimum Gasteiger partial charge on any atom is -0.372 e. The van der Waals surface area contributed by atoms with E-state index in [1.54, 1.807) is 30.3 Å². The summed E-state index contributed by atoms with van der Waals surface area (Å²) in [6.45, 7) is 6.16. The monoisotopic (exact) mass is 349 g/mol. The Bertz CT molecular complexity index is 776. The van der Waals surface area contributed by atoms with E-state index >= 15 is 0 Å². The highest BCUT2D eigenvalue weighted by Gasteiger charge is 2.13. The Balaban J connectivity index is 1.60. The zero-order chi connectivity index (χ0) is 18.4. The van der Waals surface area contributed by atoms with Crippen LogP contribution >= 0.6 is 0 Å². The van der Waals surface area contributed by atoms with Crippen molar-refractivity contribution in [1.29, 1.82) is 0 Å². The van der Waals surface area contributed by atoms with Gasteiger partial charge in [-0.3, -0.25) is 9.59 Å². The van der Waals surface area contributed by atoms with E-state index in [1.807, 2.05) is 24.3 Å². The van der Waals surface area contributed by atoms with Gasteiger partial charge in [-0.25, -0.2) is 0 Å². The van der Waals surface area contributed by atoms with Crippen molar-refractivity contribution in [2.45, 2.75) is 12.8 Å². The number of nitrogens with zero attached hydrogens (tertiary/aromatic N) is 1. The lowest BCUT2D eigenvalue weighted by Gasteiger charge is -2.17. The Morgan fingerprint density at radius 2 is 1.50 bits per heavy atom. The molecule has 0 atom stereocenters. The zero-order valence-corrected chi connectivity index (χ0v) is 14.7. The summed E-state index contributed by atoms with van der Waals surface area (Å²) in [7, 11) is 0. The van der Waals surface area contributed by atoms with Crippen LogP contribution in [0.2, 0.25) is 0 Å². The number of hydrogen-bond donors (Lipinski definition) is 2. The fourth-order valence-corrected chi connectivity index (χ4v) is 2.97. The number of anilines is 2. The molecule has 3 rings (SSSR count). The maximum Gasteiger partial charge on any atom is 0.255 e. The van der Waals surface area contributed by atoms with E-state index in [0.29, 0.717) is 17.7 Å². The first-order valence-electron chi connectivity index (χ1n) is 8.83. The Morgan fingerprint density at radius 3 is 2.08 bits per heavy atom. The van der Waals surface area contributed by atoms with Gasteiger partial charge < -0.3 is 15.5 Å². The molecule has 1 saturated heterocycles. The molecule has 0 bridgehead atoms. The molecule has 26 heavy (non-hydrogen) atoms. The van der Waals surface area contributed by atoms with Crippen molar-refractivity contribution in [3.63, 3.8) is 0 Å². The van der Waals surface area contributed by atoms with Gasteiger partial charge >= 0.3 is 0 Å². The van der Waals surface area contributed by atoms with E-state index in [1.165, 1.54) is 18.5 Å². The van der Waals surface area contributed by atoms with Crippen LogP contribution in [0.3, 0.4) is 0 Å². The van der Waals surface area contributed by atoms with Crippen LogP contribution in [0.25, 0.3) is 0 Å². The molecule has 1 aliphatic rings. The summed E-state index contributed by atoms with van der Waals surface area (Å²) in [4.78, 5) is 26.6. The second-order valence-corrected chi connectivity index (χ2v) is 6.27. The molecule has 0 saturated carbocycles. The maximum absolute atomic E-state index is 12.4. The van der Waals surface area contributed by atoms with Gasteiger partial charge in [-0.05, 0) is 61.4 Å². The van der Waals surface area contributed by atoms with Crippen LogP contribution < -0.4 is 15.5 Å². The molecule has 0 spiro atoms. The summed E-state index contributed by atoms with van der Waals surface area (Å²) < 4.78 is 0. The minimum absolute atomic E-state index is 0.186. The summed E-state index contributed by atoms with van der Waals surface area (Å²) in [5, 5.41) is 5.59. The quantitative estimate of drug-likeness (QED) is 0.785. The molecule has 0 aliphatic carbocycles. The summed E-state index contributed by atoms with van der Waals surface area (Å²) in [6.07, 6.45) is 4.09. The largest absolute Gasteiger partial charge is 0.372 e. The summed E-state index contributed by atoms with van der Waals surface area (Å²) in [5.74, 6) is -0.383. The van der Waals surface area contributed by atoms with Crippen LogP contribution in [-0.2, 0) is 0 Å². The molecule has 5 nitrogen and oxygen atoms in total. The Labute approximate surface area is 153 Å². The van der Waals surface area contributed by atoms with Gasteiger partial charge in [0.15, 0.2) is 0 Å². The van der Waals surface area contributed by atoms with Crippen LogP contribution in [-0.4, -0.2) is 31.4 Å². The predicted octanol–water partition coefficient (Wildman–Crippen LogP) is 3.45. The third-order valence-corrected chi connectivity index (χ3v) is 4.41. The molecule has 1 aliphatic heterocycles. The van der Waals surface area contributed by atoms with Crippen LogP contribution in [0.5, 0.6) is 0 Å². The van der Waals surface area contributed by atoms with E-state index in [9.17, 15) is 9.59 Å². The predicted molar refractivity (Wildman–Crippen MR) is 105 cm³/mol. The molecule has 2 aromatic rings. The molecule has 2 amide bonds. The second kappa shape index (κ2) is 8.34. The smallest absolute Gasteiger partial charge is 0.255 e. The number of amides is 2. The molecule has 0 aromatic heterocycles. The molecule has 2 N–H and O–H groups in total. The SMILES string of the molecule is C=CCNC(=O)c1ccc(C(=O)Nc2ccc(N3CCCC3)cc2)cc1. The molecular weight excluding hydrogens is 326 g/mol. The number of nitrogens with one attached hydrogen (secondary N) is 2. The van der Waals surface area contributed by atoms with Gasteiger partial charge in [-0.2, -0.15) is 0 Å². The summed E-state index contributed by atoms with van der Waals surface area (Å²) >= 11 is 0. The molecule has 134 valence electrons. The van der Waals surface area contributed by atoms with Crippen LogP contribution in [0.1, 0.15) is 33.6 Å². The summed E-state index contributed by atoms with van der Waals surface area (Å²) in [6, 6.07) is 14.5. The van der Waals surface area contributed by atoms with Crippen LogP contribution in [0.4, 0.5) is 11.4 Å². The van der Waals surface area contributed by atoms with Gasteiger partial charge in [0.1, 0.15) is 0 Å². The third-order valence-electron chi connectivity index (χ3n) is 4.41. The first-order valence-corrected chi connectivity index (χ1v) is 8.83. The topological polar surface area (TPSA) is 61.4 Å². The lowest BCUT2D eigenvalue weighted by molar-refractivity contribution is 0.0956. The molecule has 0 radical (unpaired) electrons. The molecule has 2 aromatic carbocycles. The third kappa shape index (κ3) is 4.30.